The van der Waals surface area contributed by atoms with Gasteiger partial charge in [-0.25, -0.2) is 4.79 Å². The summed E-state index contributed by atoms with van der Waals surface area (Å²) in [6, 6.07) is 15.8. The molecular weight excluding hydrogens is 394 g/mol. The summed E-state index contributed by atoms with van der Waals surface area (Å²) in [4.78, 5) is 16.5. The zero-order chi connectivity index (χ0) is 21.2. The Balaban J connectivity index is 1.15. The average Bonchev–Trinajstić information content (AvgIpc) is 3.26. The molecule has 0 amide bonds. The summed E-state index contributed by atoms with van der Waals surface area (Å²) < 4.78 is 16.3. The van der Waals surface area contributed by atoms with E-state index in [1.807, 2.05) is 30.3 Å². The Morgan fingerprint density at radius 3 is 2.77 bits per heavy atom. The Bertz CT molecular complexity index is 1050. The number of methoxy groups -OCH3 is 1. The zero-order valence-corrected chi connectivity index (χ0v) is 17.7. The number of piperazine rings is 1. The molecule has 2 aliphatic heterocycles. The monoisotopic (exact) mass is 421 g/mol. The molecule has 2 aliphatic rings. The number of hydrogen-bond donors (Lipinski definition) is 0. The molecule has 3 heterocycles. The molecule has 0 bridgehead atoms. The van der Waals surface area contributed by atoms with Gasteiger partial charge < -0.3 is 18.9 Å². The molecule has 0 radical (unpaired) electrons. The smallest absolute Gasteiger partial charge is 0.337 e. The molecule has 0 aliphatic carbocycles. The van der Waals surface area contributed by atoms with Gasteiger partial charge >= 0.3 is 5.97 Å². The molecule has 2 atom stereocenters. The first-order valence-electron chi connectivity index (χ1n) is 10.9. The quantitative estimate of drug-likeness (QED) is 0.583. The number of carbonyl (C=O) groups is 1. The first-order valence-corrected chi connectivity index (χ1v) is 10.9. The predicted molar refractivity (Wildman–Crippen MR) is 118 cm³/mol. The fourth-order valence-corrected chi connectivity index (χ4v) is 4.71. The first kappa shape index (κ1) is 19.9. The van der Waals surface area contributed by atoms with Gasteiger partial charge in [0.2, 0.25) is 0 Å². The summed E-state index contributed by atoms with van der Waals surface area (Å²) in [6.07, 6.45) is 2.30. The standard InChI is InChI=1S/C24H27N3O4/c1-29-24(28)18-7-10-20(11-8-18)30-16-17-6-9-19-15-27(13-12-26(19)14-17)23-21-4-2-3-5-22(21)31-25-23/h2-5,7-8,10-11,17,19H,6,9,12-16H2,1H3/t17-,19-/m1/s1. The number of hydrogen-bond acceptors (Lipinski definition) is 7. The average molecular weight is 421 g/mol. The number of anilines is 1. The first-order chi connectivity index (χ1) is 15.2. The number of esters is 1. The van der Waals surface area contributed by atoms with Gasteiger partial charge in [-0.3, -0.25) is 4.90 Å². The molecular formula is C24H27N3O4. The highest BCUT2D eigenvalue weighted by molar-refractivity contribution is 5.89. The molecule has 7 nitrogen and oxygen atoms in total. The van der Waals surface area contributed by atoms with Crippen molar-refractivity contribution in [2.75, 3.05) is 44.8 Å². The van der Waals surface area contributed by atoms with Gasteiger partial charge in [-0.2, -0.15) is 0 Å². The van der Waals surface area contributed by atoms with Gasteiger partial charge in [-0.15, -0.1) is 0 Å². The van der Waals surface area contributed by atoms with E-state index in [0.29, 0.717) is 24.1 Å². The van der Waals surface area contributed by atoms with Gasteiger partial charge in [0, 0.05) is 38.1 Å². The third kappa shape index (κ3) is 4.10. The summed E-state index contributed by atoms with van der Waals surface area (Å²) in [5.74, 6) is 1.94. The molecule has 2 aromatic carbocycles. The summed E-state index contributed by atoms with van der Waals surface area (Å²) in [5, 5.41) is 5.43. The van der Waals surface area contributed by atoms with E-state index in [1.165, 1.54) is 7.11 Å². The lowest BCUT2D eigenvalue weighted by molar-refractivity contribution is 0.0600. The van der Waals surface area contributed by atoms with E-state index >= 15 is 0 Å². The Hall–Kier alpha value is -3.06. The Morgan fingerprint density at radius 1 is 1.10 bits per heavy atom. The number of benzene rings is 2. The largest absolute Gasteiger partial charge is 0.493 e. The van der Waals surface area contributed by atoms with Crippen molar-refractivity contribution in [2.24, 2.45) is 5.92 Å². The summed E-state index contributed by atoms with van der Waals surface area (Å²) >= 11 is 0. The summed E-state index contributed by atoms with van der Waals surface area (Å²) in [6.45, 7) is 4.71. The molecule has 0 unspecified atom stereocenters. The van der Waals surface area contributed by atoms with Crippen LogP contribution in [0.5, 0.6) is 5.75 Å². The van der Waals surface area contributed by atoms with E-state index in [2.05, 4.69) is 21.0 Å². The molecule has 0 N–H and O–H groups in total. The number of fused-ring (bicyclic) bond motifs is 2. The van der Waals surface area contributed by atoms with Crippen molar-refractivity contribution >= 4 is 22.8 Å². The van der Waals surface area contributed by atoms with E-state index in [1.54, 1.807) is 12.1 Å². The molecule has 5 rings (SSSR count). The fourth-order valence-electron chi connectivity index (χ4n) is 4.71. The van der Waals surface area contributed by atoms with Crippen molar-refractivity contribution in [3.8, 4) is 5.75 Å². The summed E-state index contributed by atoms with van der Waals surface area (Å²) in [7, 11) is 1.39. The van der Waals surface area contributed by atoms with E-state index in [4.69, 9.17) is 14.0 Å². The Kier molecular flexibility index (Phi) is 5.51. The van der Waals surface area contributed by atoms with Gasteiger partial charge in [0.05, 0.1) is 24.7 Å². The van der Waals surface area contributed by atoms with Crippen LogP contribution in [0.1, 0.15) is 23.2 Å². The van der Waals surface area contributed by atoms with Crippen LogP contribution in [0.4, 0.5) is 5.82 Å². The molecule has 0 spiro atoms. The number of aromatic nitrogens is 1. The van der Waals surface area contributed by atoms with Crippen LogP contribution in [0, 0.1) is 5.92 Å². The van der Waals surface area contributed by atoms with Gasteiger partial charge in [0.15, 0.2) is 11.4 Å². The maximum Gasteiger partial charge on any atom is 0.337 e. The normalized spacial score (nSPS) is 21.6. The third-order valence-electron chi connectivity index (χ3n) is 6.42. The van der Waals surface area contributed by atoms with Crippen molar-refractivity contribution in [1.82, 2.24) is 10.1 Å². The Morgan fingerprint density at radius 2 is 1.94 bits per heavy atom. The fraction of sp³-hybridized carbons (Fsp3) is 0.417. The molecule has 2 saturated heterocycles. The minimum absolute atomic E-state index is 0.331. The SMILES string of the molecule is COC(=O)c1ccc(OC[C@@H]2CC[C@@H]3CN(c4noc5ccccc45)CCN3C2)cc1. The molecule has 31 heavy (non-hydrogen) atoms. The lowest BCUT2D eigenvalue weighted by Crippen LogP contribution is -2.57. The van der Waals surface area contributed by atoms with Crippen LogP contribution in [0.2, 0.25) is 0 Å². The van der Waals surface area contributed by atoms with Crippen LogP contribution in [-0.2, 0) is 4.74 Å². The number of piperidine rings is 1. The van der Waals surface area contributed by atoms with Crippen LogP contribution in [-0.4, -0.2) is 62.0 Å². The lowest BCUT2D eigenvalue weighted by Gasteiger charge is -2.46. The number of carbonyl (C=O) groups excluding carboxylic acids is 1. The number of rotatable bonds is 5. The van der Waals surface area contributed by atoms with Crippen molar-refractivity contribution in [2.45, 2.75) is 18.9 Å². The Labute approximate surface area is 181 Å². The van der Waals surface area contributed by atoms with Gasteiger partial charge in [-0.1, -0.05) is 17.3 Å². The van der Waals surface area contributed by atoms with Gasteiger partial charge in [0.1, 0.15) is 5.75 Å². The minimum Gasteiger partial charge on any atom is -0.493 e. The van der Waals surface area contributed by atoms with Gasteiger partial charge in [0.25, 0.3) is 0 Å². The third-order valence-corrected chi connectivity index (χ3v) is 6.42. The molecule has 162 valence electrons. The van der Waals surface area contributed by atoms with E-state index in [0.717, 1.165) is 61.6 Å². The highest BCUT2D eigenvalue weighted by Crippen LogP contribution is 2.31. The lowest BCUT2D eigenvalue weighted by atomic mass is 9.91. The van der Waals surface area contributed by atoms with Crippen LogP contribution >= 0.6 is 0 Å². The van der Waals surface area contributed by atoms with Crippen molar-refractivity contribution in [3.05, 3.63) is 54.1 Å². The zero-order valence-electron chi connectivity index (χ0n) is 17.7. The molecule has 3 aromatic rings. The highest BCUT2D eigenvalue weighted by atomic mass is 16.5. The van der Waals surface area contributed by atoms with Gasteiger partial charge in [-0.05, 0) is 49.2 Å². The van der Waals surface area contributed by atoms with Crippen molar-refractivity contribution in [3.63, 3.8) is 0 Å². The second-order valence-electron chi connectivity index (χ2n) is 8.37. The molecule has 2 fully saturated rings. The molecule has 1 aromatic heterocycles. The molecule has 7 heteroatoms. The number of nitrogens with zero attached hydrogens (tertiary/aromatic N) is 3. The molecule has 0 saturated carbocycles. The highest BCUT2D eigenvalue weighted by Gasteiger charge is 2.34. The summed E-state index contributed by atoms with van der Waals surface area (Å²) in [5.41, 5.74) is 1.38. The van der Waals surface area contributed by atoms with Crippen molar-refractivity contribution in [1.29, 1.82) is 0 Å². The minimum atomic E-state index is -0.331. The van der Waals surface area contributed by atoms with E-state index in [-0.39, 0.29) is 5.97 Å². The van der Waals surface area contributed by atoms with E-state index in [9.17, 15) is 4.79 Å². The van der Waals surface area contributed by atoms with E-state index < -0.39 is 0 Å². The predicted octanol–water partition coefficient (Wildman–Crippen LogP) is 3.59. The second-order valence-corrected chi connectivity index (χ2v) is 8.37. The van der Waals surface area contributed by atoms with Crippen LogP contribution in [0.3, 0.4) is 0 Å². The van der Waals surface area contributed by atoms with Crippen LogP contribution in [0.15, 0.2) is 53.1 Å². The van der Waals surface area contributed by atoms with Crippen LogP contribution < -0.4 is 9.64 Å². The van der Waals surface area contributed by atoms with Crippen molar-refractivity contribution < 1.29 is 18.8 Å². The maximum absolute atomic E-state index is 11.5. The maximum atomic E-state index is 11.5. The topological polar surface area (TPSA) is 68.0 Å². The second kappa shape index (κ2) is 8.59. The number of para-hydroxylation sites is 1. The van der Waals surface area contributed by atoms with Crippen LogP contribution in [0.25, 0.3) is 11.0 Å². The number of ether oxygens (including phenoxy) is 2.